The van der Waals surface area contributed by atoms with Gasteiger partial charge in [0.25, 0.3) is 5.91 Å². The molecule has 1 atom stereocenters. The molecule has 0 fully saturated rings. The quantitative estimate of drug-likeness (QED) is 0.804. The number of nitrogen functional groups attached to an aromatic ring is 1. The molecule has 1 aromatic rings. The Kier molecular flexibility index (Phi) is 5.48. The van der Waals surface area contributed by atoms with Crippen LogP contribution in [0.15, 0.2) is 18.2 Å². The zero-order chi connectivity index (χ0) is 13.7. The fourth-order valence-corrected chi connectivity index (χ4v) is 2.44. The highest BCUT2D eigenvalue weighted by molar-refractivity contribution is 6.34. The Balaban J connectivity index is 2.83. The fraction of sp³-hybridized carbons (Fsp3) is 0.500. The Bertz CT molecular complexity index is 396. The molecule has 0 aliphatic heterocycles. The summed E-state index contributed by atoms with van der Waals surface area (Å²) in [7, 11) is 0. The van der Waals surface area contributed by atoms with Gasteiger partial charge in [0.15, 0.2) is 0 Å². The summed E-state index contributed by atoms with van der Waals surface area (Å²) in [5.41, 5.74) is 6.58. The smallest absolute Gasteiger partial charge is 0.255 e. The van der Waals surface area contributed by atoms with E-state index in [1.54, 1.807) is 18.2 Å². The second-order valence-corrected chi connectivity index (χ2v) is 4.95. The van der Waals surface area contributed by atoms with Crippen LogP contribution in [0.1, 0.15) is 44.0 Å². The van der Waals surface area contributed by atoms with Crippen LogP contribution < -0.4 is 11.1 Å². The lowest BCUT2D eigenvalue weighted by Crippen LogP contribution is -2.38. The SMILES string of the molecule is CCC(CC)C(C)NC(=O)c1c(N)cccc1Cl. The van der Waals surface area contributed by atoms with Crippen molar-refractivity contribution in [1.82, 2.24) is 5.32 Å². The highest BCUT2D eigenvalue weighted by Gasteiger charge is 2.19. The minimum absolute atomic E-state index is 0.114. The molecular weight excluding hydrogens is 248 g/mol. The third kappa shape index (κ3) is 3.39. The van der Waals surface area contributed by atoms with Crippen LogP contribution in [0.5, 0.6) is 0 Å². The van der Waals surface area contributed by atoms with Gasteiger partial charge in [0.1, 0.15) is 0 Å². The molecule has 0 heterocycles. The van der Waals surface area contributed by atoms with Gasteiger partial charge in [-0.25, -0.2) is 0 Å². The number of benzene rings is 1. The van der Waals surface area contributed by atoms with Gasteiger partial charge in [0.2, 0.25) is 0 Å². The maximum Gasteiger partial charge on any atom is 0.255 e. The number of carbonyl (C=O) groups excluding carboxylic acids is 1. The lowest BCUT2D eigenvalue weighted by Gasteiger charge is -2.23. The Labute approximate surface area is 114 Å². The average molecular weight is 269 g/mol. The van der Waals surface area contributed by atoms with E-state index in [1.807, 2.05) is 6.92 Å². The number of nitrogens with one attached hydrogen (secondary N) is 1. The molecule has 3 N–H and O–H groups in total. The summed E-state index contributed by atoms with van der Waals surface area (Å²) in [6, 6.07) is 5.21. The molecule has 0 bridgehead atoms. The van der Waals surface area contributed by atoms with Crippen molar-refractivity contribution in [3.05, 3.63) is 28.8 Å². The van der Waals surface area contributed by atoms with Crippen LogP contribution in [-0.4, -0.2) is 11.9 Å². The van der Waals surface area contributed by atoms with E-state index in [9.17, 15) is 4.79 Å². The molecule has 0 spiro atoms. The first-order chi connectivity index (χ1) is 8.51. The number of nitrogens with two attached hydrogens (primary N) is 1. The van der Waals surface area contributed by atoms with Gasteiger partial charge in [-0.3, -0.25) is 4.79 Å². The fourth-order valence-electron chi connectivity index (χ4n) is 2.17. The molecule has 1 rings (SSSR count). The zero-order valence-electron chi connectivity index (χ0n) is 11.2. The predicted octanol–water partition coefficient (Wildman–Crippen LogP) is 3.48. The second-order valence-electron chi connectivity index (χ2n) is 4.54. The van der Waals surface area contributed by atoms with Crippen molar-refractivity contribution in [2.45, 2.75) is 39.7 Å². The predicted molar refractivity (Wildman–Crippen MR) is 76.9 cm³/mol. The lowest BCUT2D eigenvalue weighted by molar-refractivity contribution is 0.0926. The molecule has 0 aromatic heterocycles. The average Bonchev–Trinajstić information content (AvgIpc) is 2.30. The van der Waals surface area contributed by atoms with Crippen molar-refractivity contribution in [3.8, 4) is 0 Å². The number of hydrogen-bond acceptors (Lipinski definition) is 2. The van der Waals surface area contributed by atoms with E-state index in [2.05, 4.69) is 19.2 Å². The number of halogens is 1. The molecule has 0 radical (unpaired) electrons. The van der Waals surface area contributed by atoms with Crippen LogP contribution in [-0.2, 0) is 0 Å². The molecule has 100 valence electrons. The van der Waals surface area contributed by atoms with Gasteiger partial charge < -0.3 is 11.1 Å². The summed E-state index contributed by atoms with van der Waals surface area (Å²) in [6.45, 7) is 6.27. The maximum absolute atomic E-state index is 12.2. The van der Waals surface area contributed by atoms with E-state index >= 15 is 0 Å². The van der Waals surface area contributed by atoms with Crippen LogP contribution in [0.3, 0.4) is 0 Å². The van der Waals surface area contributed by atoms with E-state index in [1.165, 1.54) is 0 Å². The van der Waals surface area contributed by atoms with Crippen molar-refractivity contribution in [2.75, 3.05) is 5.73 Å². The van der Waals surface area contributed by atoms with E-state index in [4.69, 9.17) is 17.3 Å². The monoisotopic (exact) mass is 268 g/mol. The standard InChI is InChI=1S/C14H21ClN2O/c1-4-10(5-2)9(3)17-14(18)13-11(15)7-6-8-12(13)16/h6-10H,4-5,16H2,1-3H3,(H,17,18). The molecule has 1 aromatic carbocycles. The van der Waals surface area contributed by atoms with Gasteiger partial charge in [0, 0.05) is 11.7 Å². The van der Waals surface area contributed by atoms with Crippen LogP contribution >= 0.6 is 11.6 Å². The largest absolute Gasteiger partial charge is 0.398 e. The van der Waals surface area contributed by atoms with E-state index < -0.39 is 0 Å². The third-order valence-corrected chi connectivity index (χ3v) is 3.70. The van der Waals surface area contributed by atoms with Crippen LogP contribution in [0.2, 0.25) is 5.02 Å². The highest BCUT2D eigenvalue weighted by atomic mass is 35.5. The first-order valence-corrected chi connectivity index (χ1v) is 6.73. The van der Waals surface area contributed by atoms with Crippen molar-refractivity contribution in [2.24, 2.45) is 5.92 Å². The van der Waals surface area contributed by atoms with Crippen molar-refractivity contribution in [3.63, 3.8) is 0 Å². The minimum Gasteiger partial charge on any atom is -0.398 e. The van der Waals surface area contributed by atoms with Crippen molar-refractivity contribution >= 4 is 23.2 Å². The van der Waals surface area contributed by atoms with Crippen LogP contribution in [0.4, 0.5) is 5.69 Å². The zero-order valence-corrected chi connectivity index (χ0v) is 11.9. The molecule has 4 heteroatoms. The molecule has 0 aliphatic carbocycles. The minimum atomic E-state index is -0.197. The first kappa shape index (κ1) is 14.8. The van der Waals surface area contributed by atoms with E-state index in [0.29, 0.717) is 22.2 Å². The molecule has 18 heavy (non-hydrogen) atoms. The lowest BCUT2D eigenvalue weighted by atomic mass is 9.95. The Hall–Kier alpha value is -1.22. The second kappa shape index (κ2) is 6.64. The summed E-state index contributed by atoms with van der Waals surface area (Å²) < 4.78 is 0. The topological polar surface area (TPSA) is 55.1 Å². The highest BCUT2D eigenvalue weighted by Crippen LogP contribution is 2.22. The number of rotatable bonds is 5. The molecule has 1 unspecified atom stereocenters. The van der Waals surface area contributed by atoms with Crippen molar-refractivity contribution in [1.29, 1.82) is 0 Å². The van der Waals surface area contributed by atoms with Gasteiger partial charge in [-0.15, -0.1) is 0 Å². The first-order valence-electron chi connectivity index (χ1n) is 6.36. The number of hydrogen-bond donors (Lipinski definition) is 2. The van der Waals surface area contributed by atoms with Crippen LogP contribution in [0.25, 0.3) is 0 Å². The molecular formula is C14H21ClN2O. The molecule has 0 saturated carbocycles. The van der Waals surface area contributed by atoms with Gasteiger partial charge in [-0.1, -0.05) is 44.4 Å². The van der Waals surface area contributed by atoms with E-state index in [-0.39, 0.29) is 11.9 Å². The molecule has 1 amide bonds. The number of carbonyl (C=O) groups is 1. The van der Waals surface area contributed by atoms with Gasteiger partial charge in [0.05, 0.1) is 10.6 Å². The van der Waals surface area contributed by atoms with Crippen LogP contribution in [0, 0.1) is 5.92 Å². The van der Waals surface area contributed by atoms with Gasteiger partial charge in [-0.05, 0) is 25.0 Å². The number of amides is 1. The normalized spacial score (nSPS) is 12.5. The summed E-state index contributed by atoms with van der Waals surface area (Å²) in [4.78, 5) is 12.2. The Morgan fingerprint density at radius 3 is 2.50 bits per heavy atom. The summed E-state index contributed by atoms with van der Waals surface area (Å²) >= 11 is 6.01. The van der Waals surface area contributed by atoms with Crippen molar-refractivity contribution < 1.29 is 4.79 Å². The molecule has 0 saturated heterocycles. The van der Waals surface area contributed by atoms with Gasteiger partial charge >= 0.3 is 0 Å². The third-order valence-electron chi connectivity index (χ3n) is 3.39. The van der Waals surface area contributed by atoms with Gasteiger partial charge in [-0.2, -0.15) is 0 Å². The molecule has 3 nitrogen and oxygen atoms in total. The van der Waals surface area contributed by atoms with E-state index in [0.717, 1.165) is 12.8 Å². The number of anilines is 1. The maximum atomic E-state index is 12.2. The summed E-state index contributed by atoms with van der Waals surface area (Å²) in [5, 5.41) is 3.37. The summed E-state index contributed by atoms with van der Waals surface area (Å²) in [6.07, 6.45) is 2.08. The summed E-state index contributed by atoms with van der Waals surface area (Å²) in [5.74, 6) is 0.273. The molecule has 0 aliphatic rings. The Morgan fingerprint density at radius 1 is 1.39 bits per heavy atom. The Morgan fingerprint density at radius 2 is 2.00 bits per heavy atom.